The van der Waals surface area contributed by atoms with Crippen LogP contribution in [0.3, 0.4) is 0 Å². The summed E-state index contributed by atoms with van der Waals surface area (Å²) in [7, 11) is -1.57. The maximum atomic E-state index is 13.5. The molecular formula is C20H31NO3S. The van der Waals surface area contributed by atoms with Crippen molar-refractivity contribution < 1.29 is 13.5 Å². The van der Waals surface area contributed by atoms with E-state index in [1.165, 1.54) is 6.42 Å². The number of likely N-dealkylation sites (tertiary alicyclic amines) is 1. The summed E-state index contributed by atoms with van der Waals surface area (Å²) in [5.74, 6) is 0.104. The van der Waals surface area contributed by atoms with Gasteiger partial charge in [0.05, 0.1) is 11.0 Å². The minimum absolute atomic E-state index is 0.101. The van der Waals surface area contributed by atoms with Gasteiger partial charge in [0.25, 0.3) is 0 Å². The Morgan fingerprint density at radius 1 is 1.00 bits per heavy atom. The Kier molecular flexibility index (Phi) is 6.18. The molecule has 1 saturated heterocycles. The number of sulfone groups is 1. The van der Waals surface area contributed by atoms with Crippen LogP contribution in [0.25, 0.3) is 0 Å². The minimum Gasteiger partial charge on any atom is -0.391 e. The van der Waals surface area contributed by atoms with Crippen LogP contribution in [0.15, 0.2) is 35.2 Å². The molecule has 1 unspecified atom stereocenters. The largest absolute Gasteiger partial charge is 0.391 e. The summed E-state index contributed by atoms with van der Waals surface area (Å²) in [6.45, 7) is 0.906. The van der Waals surface area contributed by atoms with Crippen molar-refractivity contribution >= 4 is 9.84 Å². The van der Waals surface area contributed by atoms with Crippen LogP contribution in [0.1, 0.15) is 51.4 Å². The van der Waals surface area contributed by atoms with Gasteiger partial charge in [0, 0.05) is 6.04 Å². The van der Waals surface area contributed by atoms with Crippen molar-refractivity contribution in [1.82, 2.24) is 4.90 Å². The van der Waals surface area contributed by atoms with E-state index < -0.39 is 21.2 Å². The Labute approximate surface area is 152 Å². The maximum absolute atomic E-state index is 13.5. The van der Waals surface area contributed by atoms with Crippen LogP contribution in [0.4, 0.5) is 0 Å². The van der Waals surface area contributed by atoms with Gasteiger partial charge in [-0.3, -0.25) is 0 Å². The molecule has 1 aliphatic carbocycles. The van der Waals surface area contributed by atoms with Crippen molar-refractivity contribution in [2.75, 3.05) is 13.6 Å². The fourth-order valence-electron chi connectivity index (χ4n) is 4.65. The van der Waals surface area contributed by atoms with Crippen molar-refractivity contribution in [3.8, 4) is 0 Å². The fraction of sp³-hybridized carbons (Fsp3) is 0.700. The van der Waals surface area contributed by atoms with Crippen LogP contribution < -0.4 is 0 Å². The molecule has 1 N–H and O–H groups in total. The van der Waals surface area contributed by atoms with E-state index in [0.717, 1.165) is 51.5 Å². The summed E-state index contributed by atoms with van der Waals surface area (Å²) in [5, 5.41) is 10.5. The van der Waals surface area contributed by atoms with E-state index in [9.17, 15) is 13.5 Å². The molecule has 1 aromatic rings. The third-order valence-electron chi connectivity index (χ3n) is 6.11. The van der Waals surface area contributed by atoms with E-state index in [0.29, 0.717) is 4.90 Å². The summed E-state index contributed by atoms with van der Waals surface area (Å²) in [6, 6.07) is 8.59. The van der Waals surface area contributed by atoms with Gasteiger partial charge < -0.3 is 10.0 Å². The second-order valence-electron chi connectivity index (χ2n) is 7.76. The molecule has 0 amide bonds. The van der Waals surface area contributed by atoms with Gasteiger partial charge in [-0.2, -0.15) is 0 Å². The predicted molar refractivity (Wildman–Crippen MR) is 100 cm³/mol. The predicted octanol–water partition coefficient (Wildman–Crippen LogP) is 3.25. The van der Waals surface area contributed by atoms with Crippen LogP contribution in [-0.4, -0.2) is 49.4 Å². The van der Waals surface area contributed by atoms with Gasteiger partial charge in [-0.15, -0.1) is 0 Å². The lowest BCUT2D eigenvalue weighted by molar-refractivity contribution is 0.0446. The molecule has 2 fully saturated rings. The van der Waals surface area contributed by atoms with E-state index in [1.807, 2.05) is 13.1 Å². The molecule has 0 spiro atoms. The van der Waals surface area contributed by atoms with Crippen LogP contribution >= 0.6 is 0 Å². The Morgan fingerprint density at radius 2 is 1.64 bits per heavy atom. The van der Waals surface area contributed by atoms with Crippen LogP contribution in [-0.2, 0) is 9.84 Å². The van der Waals surface area contributed by atoms with Gasteiger partial charge >= 0.3 is 0 Å². The number of aliphatic hydroxyl groups is 1. The first-order valence-corrected chi connectivity index (χ1v) is 11.2. The van der Waals surface area contributed by atoms with Crippen molar-refractivity contribution in [3.05, 3.63) is 30.3 Å². The molecule has 3 rings (SSSR count). The maximum Gasteiger partial charge on any atom is 0.185 e. The molecule has 1 aromatic carbocycles. The summed E-state index contributed by atoms with van der Waals surface area (Å²) in [4.78, 5) is 2.49. The highest BCUT2D eigenvalue weighted by atomic mass is 32.2. The molecule has 25 heavy (non-hydrogen) atoms. The number of piperidine rings is 1. The lowest BCUT2D eigenvalue weighted by Gasteiger charge is -2.42. The van der Waals surface area contributed by atoms with Gasteiger partial charge in [0.1, 0.15) is 5.25 Å². The monoisotopic (exact) mass is 365 g/mol. The zero-order chi connectivity index (χ0) is 17.9. The fourth-order valence-corrected chi connectivity index (χ4v) is 6.84. The summed E-state index contributed by atoms with van der Waals surface area (Å²) >= 11 is 0. The van der Waals surface area contributed by atoms with E-state index >= 15 is 0 Å². The Balaban J connectivity index is 1.96. The highest BCUT2D eigenvalue weighted by Gasteiger charge is 2.45. The second kappa shape index (κ2) is 8.19. The van der Waals surface area contributed by atoms with E-state index in [2.05, 4.69) is 4.90 Å². The lowest BCUT2D eigenvalue weighted by Crippen LogP contribution is -2.55. The molecule has 1 saturated carbocycles. The second-order valence-corrected chi connectivity index (χ2v) is 9.86. The number of hydrogen-bond donors (Lipinski definition) is 1. The highest BCUT2D eigenvalue weighted by Crippen LogP contribution is 2.35. The molecule has 5 heteroatoms. The zero-order valence-corrected chi connectivity index (χ0v) is 16.0. The van der Waals surface area contributed by atoms with E-state index in [4.69, 9.17) is 0 Å². The number of hydrogen-bond acceptors (Lipinski definition) is 4. The number of aliphatic hydroxyl groups excluding tert-OH is 1. The molecule has 1 aliphatic heterocycles. The van der Waals surface area contributed by atoms with Crippen molar-refractivity contribution in [2.24, 2.45) is 5.92 Å². The van der Waals surface area contributed by atoms with Crippen molar-refractivity contribution in [2.45, 2.75) is 73.7 Å². The Hall–Kier alpha value is -0.910. The topological polar surface area (TPSA) is 57.6 Å². The van der Waals surface area contributed by atoms with Crippen LogP contribution in [0.5, 0.6) is 0 Å². The van der Waals surface area contributed by atoms with Crippen LogP contribution in [0.2, 0.25) is 0 Å². The van der Waals surface area contributed by atoms with Gasteiger partial charge in [-0.1, -0.05) is 43.9 Å². The quantitative estimate of drug-likeness (QED) is 0.870. The van der Waals surface area contributed by atoms with Crippen molar-refractivity contribution in [1.29, 1.82) is 0 Å². The molecular weight excluding hydrogens is 334 g/mol. The Morgan fingerprint density at radius 3 is 2.28 bits per heavy atom. The smallest absolute Gasteiger partial charge is 0.185 e. The van der Waals surface area contributed by atoms with Gasteiger partial charge in [-0.25, -0.2) is 8.42 Å². The molecule has 140 valence electrons. The normalized spacial score (nSPS) is 26.2. The zero-order valence-electron chi connectivity index (χ0n) is 15.2. The number of nitrogens with zero attached hydrogens (tertiary/aromatic N) is 1. The average Bonchev–Trinajstić information content (AvgIpc) is 2.65. The SMILES string of the molecule is CN1CCCCC1[C@@H]([C@H](O)C1CCCCC1)S(=O)(=O)c1ccccc1. The molecule has 3 atom stereocenters. The minimum atomic E-state index is -3.57. The first-order chi connectivity index (χ1) is 12.0. The van der Waals surface area contributed by atoms with Gasteiger partial charge in [-0.05, 0) is 57.3 Å². The van der Waals surface area contributed by atoms with E-state index in [-0.39, 0.29) is 12.0 Å². The van der Waals surface area contributed by atoms with Gasteiger partial charge in [0.2, 0.25) is 0 Å². The number of benzene rings is 1. The standard InChI is InChI=1S/C20H31NO3S/c1-21-15-9-8-14-18(21)20(19(22)16-10-4-2-5-11-16)25(23,24)17-12-6-3-7-13-17/h3,6-7,12-13,16,18-20,22H,2,4-5,8-11,14-15H2,1H3/t18?,19-,20+/m1/s1. The average molecular weight is 366 g/mol. The molecule has 0 bridgehead atoms. The molecule has 2 aliphatic rings. The first-order valence-electron chi connectivity index (χ1n) is 9.69. The highest BCUT2D eigenvalue weighted by molar-refractivity contribution is 7.92. The van der Waals surface area contributed by atoms with Crippen molar-refractivity contribution in [3.63, 3.8) is 0 Å². The van der Waals surface area contributed by atoms with Gasteiger partial charge in [0.15, 0.2) is 9.84 Å². The molecule has 4 nitrogen and oxygen atoms in total. The Bertz CT molecular complexity index is 640. The third-order valence-corrected chi connectivity index (χ3v) is 8.34. The molecule has 0 radical (unpaired) electrons. The van der Waals surface area contributed by atoms with Crippen LogP contribution in [0, 0.1) is 5.92 Å². The summed E-state index contributed by atoms with van der Waals surface area (Å²) in [5.41, 5.74) is 0. The summed E-state index contributed by atoms with van der Waals surface area (Å²) < 4.78 is 26.9. The molecule has 0 aromatic heterocycles. The lowest BCUT2D eigenvalue weighted by atomic mass is 9.81. The summed E-state index contributed by atoms with van der Waals surface area (Å²) in [6.07, 6.45) is 7.48. The first kappa shape index (κ1) is 18.9. The number of rotatable bonds is 5. The molecule has 1 heterocycles. The van der Waals surface area contributed by atoms with E-state index in [1.54, 1.807) is 24.3 Å². The third kappa shape index (κ3) is 4.09.